The largest absolute Gasteiger partial charge is 0.453 e. The first-order valence-corrected chi connectivity index (χ1v) is 13.2. The van der Waals surface area contributed by atoms with Crippen LogP contribution < -0.4 is 20.4 Å². The Morgan fingerprint density at radius 1 is 1.21 bits per heavy atom. The summed E-state index contributed by atoms with van der Waals surface area (Å²) in [5.41, 5.74) is -0.612. The predicted molar refractivity (Wildman–Crippen MR) is 147 cm³/mol. The molecule has 2 fully saturated rings. The van der Waals surface area contributed by atoms with Crippen LogP contribution in [0.15, 0.2) is 30.7 Å². The summed E-state index contributed by atoms with van der Waals surface area (Å²) in [7, 11) is 1.36. The highest BCUT2D eigenvalue weighted by atomic mass is 19.1. The summed E-state index contributed by atoms with van der Waals surface area (Å²) in [5, 5.41) is 18.0. The van der Waals surface area contributed by atoms with Crippen LogP contribution in [0.2, 0.25) is 0 Å². The molecule has 2 aliphatic heterocycles. The van der Waals surface area contributed by atoms with E-state index in [0.717, 1.165) is 35.2 Å². The molecule has 0 aromatic carbocycles. The van der Waals surface area contributed by atoms with Gasteiger partial charge in [-0.15, -0.1) is 0 Å². The van der Waals surface area contributed by atoms with Gasteiger partial charge in [-0.2, -0.15) is 4.98 Å². The lowest BCUT2D eigenvalue weighted by atomic mass is 9.94. The van der Waals surface area contributed by atoms with Gasteiger partial charge in [0.05, 0.1) is 19.8 Å². The molecule has 5 heterocycles. The molecule has 3 N–H and O–H groups in total. The van der Waals surface area contributed by atoms with Gasteiger partial charge < -0.3 is 30.3 Å². The molecule has 0 unspecified atom stereocenters. The van der Waals surface area contributed by atoms with E-state index in [1.165, 1.54) is 14.0 Å². The molecule has 0 aliphatic carbocycles. The Kier molecular flexibility index (Phi) is 7.39. The number of rotatable bonds is 7. The number of fused-ring (bicyclic) bond motifs is 1. The van der Waals surface area contributed by atoms with Gasteiger partial charge in [0.1, 0.15) is 17.5 Å². The average Bonchev–Trinajstić information content (AvgIpc) is 2.88. The Bertz CT molecular complexity index is 1350. The van der Waals surface area contributed by atoms with Gasteiger partial charge in [0.25, 0.3) is 0 Å². The highest BCUT2D eigenvalue weighted by Gasteiger charge is 2.39. The van der Waals surface area contributed by atoms with Crippen LogP contribution in [0.3, 0.4) is 0 Å². The van der Waals surface area contributed by atoms with Crippen molar-refractivity contribution in [2.45, 2.75) is 44.9 Å². The maximum atomic E-state index is 14.7. The third-order valence-corrected chi connectivity index (χ3v) is 7.43. The number of amides is 1. The minimum atomic E-state index is -1.72. The van der Waals surface area contributed by atoms with Crippen LogP contribution in [0.25, 0.3) is 10.8 Å². The number of anilines is 4. The van der Waals surface area contributed by atoms with Gasteiger partial charge in [0, 0.05) is 56.1 Å². The van der Waals surface area contributed by atoms with E-state index < -0.39 is 17.9 Å². The van der Waals surface area contributed by atoms with E-state index in [0.29, 0.717) is 43.0 Å². The summed E-state index contributed by atoms with van der Waals surface area (Å²) in [5.74, 6) is 3.02. The zero-order valence-corrected chi connectivity index (χ0v) is 22.7. The van der Waals surface area contributed by atoms with Crippen molar-refractivity contribution in [3.8, 4) is 0 Å². The number of halogens is 1. The van der Waals surface area contributed by atoms with Crippen LogP contribution in [0.5, 0.6) is 0 Å². The van der Waals surface area contributed by atoms with E-state index in [9.17, 15) is 14.3 Å². The second-order valence-electron chi connectivity index (χ2n) is 10.8. The molecular weight excluding hydrogens is 503 g/mol. The Hall–Kier alpha value is -3.80. The number of piperidine rings is 1. The molecule has 2 aliphatic rings. The highest BCUT2D eigenvalue weighted by molar-refractivity contribution is 5.96. The van der Waals surface area contributed by atoms with E-state index in [-0.39, 0.29) is 12.5 Å². The number of pyridine rings is 2. The van der Waals surface area contributed by atoms with Crippen molar-refractivity contribution in [2.75, 3.05) is 55.0 Å². The second-order valence-corrected chi connectivity index (χ2v) is 10.8. The lowest BCUT2D eigenvalue weighted by molar-refractivity contribution is -0.00860. The van der Waals surface area contributed by atoms with E-state index >= 15 is 0 Å². The zero-order valence-electron chi connectivity index (χ0n) is 22.7. The van der Waals surface area contributed by atoms with E-state index in [2.05, 4.69) is 49.1 Å². The number of hydrogen-bond acceptors (Lipinski definition) is 10. The van der Waals surface area contributed by atoms with Gasteiger partial charge in [-0.3, -0.25) is 0 Å². The van der Waals surface area contributed by atoms with Gasteiger partial charge in [-0.05, 0) is 42.3 Å². The number of carbonyl (C=O) groups excluding carboxylic acids is 1. The number of methoxy groups -OCH3 is 1. The number of alkyl halides is 1. The van der Waals surface area contributed by atoms with Gasteiger partial charge in [-0.25, -0.2) is 24.1 Å². The smallest absolute Gasteiger partial charge is 0.406 e. The lowest BCUT2D eigenvalue weighted by Crippen LogP contribution is -2.52. The van der Waals surface area contributed by atoms with Gasteiger partial charge in [0.15, 0.2) is 5.67 Å². The first-order chi connectivity index (χ1) is 18.6. The standard InChI is InChI=1S/C27H35FN8O3/c1-16(2)19-11-31-24(36-13-17(14-36)10-32-26(38)39-4)20-12-30-23(9-18(19)20)33-22-5-7-29-25(34-22)35-8-6-21(37)27(3,28)15-35/h5,7,9,11-12,16-17,21,37H,6,8,10,13-15H2,1-4H3,(H,32,38)(H,29,30,33,34)/t21-,27+/m1/s1. The van der Waals surface area contributed by atoms with Crippen molar-refractivity contribution in [3.63, 3.8) is 0 Å². The minimum Gasteiger partial charge on any atom is -0.453 e. The molecule has 5 rings (SSSR count). The Morgan fingerprint density at radius 2 is 2.00 bits per heavy atom. The number of alkyl carbamates (subject to hydrolysis) is 1. The van der Waals surface area contributed by atoms with Crippen molar-refractivity contribution >= 4 is 40.3 Å². The van der Waals surface area contributed by atoms with Crippen LogP contribution >= 0.6 is 0 Å². The van der Waals surface area contributed by atoms with Crippen molar-refractivity contribution in [1.82, 2.24) is 25.3 Å². The van der Waals surface area contributed by atoms with Crippen LogP contribution in [-0.2, 0) is 4.74 Å². The molecule has 2 saturated heterocycles. The summed E-state index contributed by atoms with van der Waals surface area (Å²) in [6.45, 7) is 8.28. The Balaban J connectivity index is 1.35. The molecule has 3 aromatic rings. The number of aliphatic hydroxyl groups excluding tert-OH is 1. The first kappa shape index (κ1) is 26.8. The molecule has 12 heteroatoms. The summed E-state index contributed by atoms with van der Waals surface area (Å²) in [6.07, 6.45) is 4.28. The van der Waals surface area contributed by atoms with Crippen molar-refractivity contribution in [2.24, 2.45) is 5.92 Å². The number of hydrogen-bond donors (Lipinski definition) is 3. The second kappa shape index (κ2) is 10.8. The molecule has 1 amide bonds. The topological polar surface area (TPSA) is 129 Å². The molecule has 0 saturated carbocycles. The van der Waals surface area contributed by atoms with E-state index in [4.69, 9.17) is 4.98 Å². The molecular formula is C27H35FN8O3. The average molecular weight is 539 g/mol. The minimum absolute atomic E-state index is 0.0233. The monoisotopic (exact) mass is 538 g/mol. The molecule has 39 heavy (non-hydrogen) atoms. The first-order valence-electron chi connectivity index (χ1n) is 13.2. The third kappa shape index (κ3) is 5.65. The number of ether oxygens (including phenoxy) is 1. The number of nitrogens with one attached hydrogen (secondary N) is 2. The van der Waals surface area contributed by atoms with Gasteiger partial charge in [0.2, 0.25) is 5.95 Å². The molecule has 11 nitrogen and oxygen atoms in total. The van der Waals surface area contributed by atoms with E-state index in [1.807, 2.05) is 18.5 Å². The maximum Gasteiger partial charge on any atom is 0.406 e. The maximum absolute atomic E-state index is 14.7. The summed E-state index contributed by atoms with van der Waals surface area (Å²) < 4.78 is 19.4. The number of aliphatic hydroxyl groups is 1. The van der Waals surface area contributed by atoms with Gasteiger partial charge >= 0.3 is 6.09 Å². The molecule has 0 spiro atoms. The molecule has 0 radical (unpaired) electrons. The Labute approximate surface area is 226 Å². The Morgan fingerprint density at radius 3 is 2.72 bits per heavy atom. The third-order valence-electron chi connectivity index (χ3n) is 7.43. The number of aromatic nitrogens is 4. The molecule has 208 valence electrons. The lowest BCUT2D eigenvalue weighted by Gasteiger charge is -2.40. The fraction of sp³-hybridized carbons (Fsp3) is 0.519. The fourth-order valence-electron chi connectivity index (χ4n) is 5.10. The highest BCUT2D eigenvalue weighted by Crippen LogP contribution is 2.35. The summed E-state index contributed by atoms with van der Waals surface area (Å²) in [4.78, 5) is 33.7. The normalized spacial score (nSPS) is 21.7. The fourth-order valence-corrected chi connectivity index (χ4v) is 5.10. The van der Waals surface area contributed by atoms with E-state index in [1.54, 1.807) is 17.2 Å². The number of carbonyl (C=O) groups is 1. The van der Waals surface area contributed by atoms with Crippen molar-refractivity contribution in [3.05, 3.63) is 36.3 Å². The van der Waals surface area contributed by atoms with Crippen molar-refractivity contribution in [1.29, 1.82) is 0 Å². The molecule has 3 aromatic heterocycles. The van der Waals surface area contributed by atoms with Crippen LogP contribution in [-0.4, -0.2) is 82.7 Å². The van der Waals surface area contributed by atoms with Crippen LogP contribution in [0, 0.1) is 5.92 Å². The SMILES string of the molecule is COC(=O)NCC1CN(c2ncc(C(C)C)c3cc(Nc4ccnc(N5CC[C@@H](O)[C@@](C)(F)C5)n4)ncc23)C1. The summed E-state index contributed by atoms with van der Waals surface area (Å²) in [6, 6.07) is 3.75. The molecule has 2 atom stereocenters. The summed E-state index contributed by atoms with van der Waals surface area (Å²) >= 11 is 0. The van der Waals surface area contributed by atoms with Gasteiger partial charge in [-0.1, -0.05) is 13.8 Å². The quantitative estimate of drug-likeness (QED) is 0.412. The predicted octanol–water partition coefficient (Wildman–Crippen LogP) is 3.38. The number of nitrogens with zero attached hydrogens (tertiary/aromatic N) is 6. The van der Waals surface area contributed by atoms with Crippen molar-refractivity contribution < 1.29 is 19.0 Å². The molecule has 0 bridgehead atoms. The van der Waals surface area contributed by atoms with Crippen LogP contribution in [0.4, 0.5) is 32.6 Å². The van der Waals surface area contributed by atoms with Crippen LogP contribution in [0.1, 0.15) is 38.7 Å². The zero-order chi connectivity index (χ0) is 27.7.